The van der Waals surface area contributed by atoms with Crippen LogP contribution in [-0.4, -0.2) is 13.2 Å². The summed E-state index contributed by atoms with van der Waals surface area (Å²) < 4.78 is 11.6. The highest BCUT2D eigenvalue weighted by molar-refractivity contribution is 7.11. The molecule has 80 valence electrons. The van der Waals surface area contributed by atoms with Gasteiger partial charge in [0.1, 0.15) is 0 Å². The summed E-state index contributed by atoms with van der Waals surface area (Å²) in [6.07, 6.45) is 0. The molecule has 16 heavy (non-hydrogen) atoms. The Kier molecular flexibility index (Phi) is 1.20. The quantitative estimate of drug-likeness (QED) is 0.670. The van der Waals surface area contributed by atoms with Crippen molar-refractivity contribution in [1.82, 2.24) is 0 Å². The van der Waals surface area contributed by atoms with Gasteiger partial charge >= 0.3 is 0 Å². The highest BCUT2D eigenvalue weighted by Gasteiger charge is 2.64. The van der Waals surface area contributed by atoms with Crippen molar-refractivity contribution in [2.24, 2.45) is 0 Å². The van der Waals surface area contributed by atoms with Crippen molar-refractivity contribution >= 4 is 22.7 Å². The van der Waals surface area contributed by atoms with Crippen LogP contribution in [0.15, 0.2) is 22.9 Å². The molecule has 4 heteroatoms. The highest BCUT2D eigenvalue weighted by atomic mass is 32.1. The first kappa shape index (κ1) is 8.42. The van der Waals surface area contributed by atoms with Crippen LogP contribution in [0.2, 0.25) is 0 Å². The first-order chi connectivity index (χ1) is 7.87. The predicted molar refractivity (Wildman–Crippen MR) is 62.1 cm³/mol. The first-order valence-electron chi connectivity index (χ1n) is 5.32. The summed E-state index contributed by atoms with van der Waals surface area (Å²) in [4.78, 5) is 2.74. The van der Waals surface area contributed by atoms with Crippen LogP contribution in [0.25, 0.3) is 0 Å². The zero-order valence-electron chi connectivity index (χ0n) is 8.36. The molecule has 2 spiro atoms. The molecule has 0 radical (unpaired) electrons. The topological polar surface area (TPSA) is 25.1 Å². The molecule has 2 aliphatic heterocycles. The summed E-state index contributed by atoms with van der Waals surface area (Å²) >= 11 is 3.61. The van der Waals surface area contributed by atoms with Crippen molar-refractivity contribution in [2.45, 2.75) is 11.2 Å². The Bertz CT molecular complexity index is 507. The van der Waals surface area contributed by atoms with E-state index in [1.165, 1.54) is 20.9 Å². The molecule has 2 aromatic heterocycles. The lowest BCUT2D eigenvalue weighted by atomic mass is 9.82. The Morgan fingerprint density at radius 1 is 0.875 bits per heavy atom. The number of rotatable bonds is 0. The van der Waals surface area contributed by atoms with Gasteiger partial charge in [-0.2, -0.15) is 0 Å². The molecule has 2 atom stereocenters. The minimum absolute atomic E-state index is 0.101. The Labute approximate surface area is 100 Å². The largest absolute Gasteiger partial charge is 0.358 e. The molecule has 2 saturated heterocycles. The monoisotopic (exact) mass is 248 g/mol. The van der Waals surface area contributed by atoms with Gasteiger partial charge < -0.3 is 9.47 Å². The lowest BCUT2D eigenvalue weighted by Crippen LogP contribution is -2.25. The summed E-state index contributed by atoms with van der Waals surface area (Å²) in [6, 6.07) is 4.41. The second kappa shape index (κ2) is 2.29. The average molecular weight is 248 g/mol. The highest BCUT2D eigenvalue weighted by Crippen LogP contribution is 2.63. The Morgan fingerprint density at radius 3 is 1.69 bits per heavy atom. The Balaban J connectivity index is 1.93. The van der Waals surface area contributed by atoms with E-state index in [-0.39, 0.29) is 11.2 Å². The molecular formula is C12H8O2S2. The van der Waals surface area contributed by atoms with Crippen LogP contribution >= 0.6 is 22.7 Å². The number of ether oxygens (including phenoxy) is 2. The van der Waals surface area contributed by atoms with Crippen molar-refractivity contribution in [3.05, 3.63) is 43.8 Å². The van der Waals surface area contributed by atoms with Gasteiger partial charge in [0.05, 0.1) is 13.2 Å². The van der Waals surface area contributed by atoms with Gasteiger partial charge in [0.15, 0.2) is 11.2 Å². The second-order valence-electron chi connectivity index (χ2n) is 4.56. The minimum atomic E-state index is -0.101. The summed E-state index contributed by atoms with van der Waals surface area (Å²) in [7, 11) is 0. The number of thiophene rings is 2. The van der Waals surface area contributed by atoms with Crippen molar-refractivity contribution in [3.63, 3.8) is 0 Å². The fraction of sp³-hybridized carbons (Fsp3) is 0.333. The van der Waals surface area contributed by atoms with Gasteiger partial charge in [-0.15, -0.1) is 22.7 Å². The zero-order chi connectivity index (χ0) is 10.4. The van der Waals surface area contributed by atoms with Crippen LogP contribution in [-0.2, 0) is 20.7 Å². The van der Waals surface area contributed by atoms with E-state index in [0.717, 1.165) is 13.2 Å². The van der Waals surface area contributed by atoms with Crippen LogP contribution in [0.1, 0.15) is 20.9 Å². The average Bonchev–Trinajstić information content (AvgIpc) is 3.16. The van der Waals surface area contributed by atoms with Crippen molar-refractivity contribution in [1.29, 1.82) is 0 Å². The van der Waals surface area contributed by atoms with E-state index in [0.29, 0.717) is 0 Å². The Hall–Kier alpha value is -0.680. The molecule has 0 aromatic carbocycles. The summed E-state index contributed by atoms with van der Waals surface area (Å²) in [5, 5.41) is 4.32. The SMILES string of the molecule is c1cc2c(s1)C1(CO1)c1ccsc1C21CO1. The molecule has 0 N–H and O–H groups in total. The zero-order valence-corrected chi connectivity index (χ0v) is 9.99. The maximum absolute atomic E-state index is 5.79. The lowest BCUT2D eigenvalue weighted by molar-refractivity contribution is 0.311. The standard InChI is InChI=1S/C12H8O2S2/c1-3-15-9-7(1)11(5-13-11)10-8(2-4-16-10)12(9)6-14-12/h1-4H,5-6H2. The van der Waals surface area contributed by atoms with Crippen LogP contribution in [0, 0.1) is 0 Å². The number of fused-ring (bicyclic) bond motifs is 6. The van der Waals surface area contributed by atoms with Crippen LogP contribution in [0.5, 0.6) is 0 Å². The van der Waals surface area contributed by atoms with E-state index in [1.807, 2.05) is 0 Å². The van der Waals surface area contributed by atoms with Gasteiger partial charge in [-0.25, -0.2) is 0 Å². The van der Waals surface area contributed by atoms with Crippen LogP contribution in [0.4, 0.5) is 0 Å². The molecule has 3 aliphatic rings. The van der Waals surface area contributed by atoms with Crippen molar-refractivity contribution in [3.8, 4) is 0 Å². The van der Waals surface area contributed by atoms with Gasteiger partial charge in [0.25, 0.3) is 0 Å². The number of hydrogen-bond acceptors (Lipinski definition) is 4. The van der Waals surface area contributed by atoms with Gasteiger partial charge in [-0.1, -0.05) is 0 Å². The molecule has 0 bridgehead atoms. The predicted octanol–water partition coefficient (Wildman–Crippen LogP) is 2.67. The molecule has 2 nitrogen and oxygen atoms in total. The molecule has 2 fully saturated rings. The van der Waals surface area contributed by atoms with Crippen LogP contribution < -0.4 is 0 Å². The molecule has 5 rings (SSSR count). The van der Waals surface area contributed by atoms with E-state index in [2.05, 4.69) is 22.9 Å². The smallest absolute Gasteiger partial charge is 0.152 e. The van der Waals surface area contributed by atoms with Gasteiger partial charge in [-0.3, -0.25) is 0 Å². The van der Waals surface area contributed by atoms with E-state index in [9.17, 15) is 0 Å². The summed E-state index contributed by atoms with van der Waals surface area (Å²) in [5.74, 6) is 0. The summed E-state index contributed by atoms with van der Waals surface area (Å²) in [6.45, 7) is 1.67. The van der Waals surface area contributed by atoms with E-state index >= 15 is 0 Å². The molecule has 1 aliphatic carbocycles. The fourth-order valence-corrected chi connectivity index (χ4v) is 5.08. The van der Waals surface area contributed by atoms with Crippen LogP contribution in [0.3, 0.4) is 0 Å². The van der Waals surface area contributed by atoms with Gasteiger partial charge in [-0.05, 0) is 22.9 Å². The normalized spacial score (nSPS) is 37.5. The number of epoxide rings is 2. The molecule has 0 saturated carbocycles. The lowest BCUT2D eigenvalue weighted by Gasteiger charge is -2.24. The maximum atomic E-state index is 5.79. The van der Waals surface area contributed by atoms with E-state index in [1.54, 1.807) is 22.7 Å². The van der Waals surface area contributed by atoms with E-state index in [4.69, 9.17) is 9.47 Å². The molecule has 2 aromatic rings. The molecule has 0 amide bonds. The second-order valence-corrected chi connectivity index (χ2v) is 6.39. The third-order valence-corrected chi connectivity index (χ3v) is 5.92. The van der Waals surface area contributed by atoms with Gasteiger partial charge in [0, 0.05) is 20.9 Å². The Morgan fingerprint density at radius 2 is 1.31 bits per heavy atom. The van der Waals surface area contributed by atoms with Gasteiger partial charge in [0.2, 0.25) is 0 Å². The van der Waals surface area contributed by atoms with E-state index < -0.39 is 0 Å². The maximum Gasteiger partial charge on any atom is 0.152 e. The minimum Gasteiger partial charge on any atom is -0.358 e. The molecule has 4 heterocycles. The first-order valence-corrected chi connectivity index (χ1v) is 7.08. The van der Waals surface area contributed by atoms with Crippen molar-refractivity contribution in [2.75, 3.05) is 13.2 Å². The molecule has 2 unspecified atom stereocenters. The number of hydrogen-bond donors (Lipinski definition) is 0. The fourth-order valence-electron chi connectivity index (χ4n) is 2.84. The van der Waals surface area contributed by atoms with Crippen molar-refractivity contribution < 1.29 is 9.47 Å². The third kappa shape index (κ3) is 0.711. The summed E-state index contributed by atoms with van der Waals surface area (Å²) in [5.41, 5.74) is 2.50. The molecular weight excluding hydrogens is 240 g/mol. The third-order valence-electron chi connectivity index (χ3n) is 3.80.